The van der Waals surface area contributed by atoms with Crippen molar-refractivity contribution in [2.24, 2.45) is 11.8 Å². The van der Waals surface area contributed by atoms with E-state index in [1.165, 1.54) is 0 Å². The fourth-order valence-corrected chi connectivity index (χ4v) is 2.23. The van der Waals surface area contributed by atoms with Crippen LogP contribution in [0.4, 0.5) is 0 Å². The van der Waals surface area contributed by atoms with Gasteiger partial charge in [-0.15, -0.1) is 0 Å². The summed E-state index contributed by atoms with van der Waals surface area (Å²) in [6.07, 6.45) is 3.77. The van der Waals surface area contributed by atoms with E-state index in [9.17, 15) is 9.59 Å². The zero-order chi connectivity index (χ0) is 11.4. The van der Waals surface area contributed by atoms with Gasteiger partial charge >= 0.3 is 11.9 Å². The molecule has 0 bridgehead atoms. The molecule has 84 valence electrons. The van der Waals surface area contributed by atoms with Crippen LogP contribution in [-0.2, 0) is 9.59 Å². The van der Waals surface area contributed by atoms with Crippen molar-refractivity contribution >= 4 is 11.9 Å². The smallest absolute Gasteiger partial charge is 0.303 e. The Hall–Kier alpha value is -1.32. The Bertz CT molecular complexity index is 293. The molecule has 0 amide bonds. The second kappa shape index (κ2) is 4.96. The molecule has 0 spiro atoms. The highest BCUT2D eigenvalue weighted by Crippen LogP contribution is 2.34. The molecule has 2 atom stereocenters. The van der Waals surface area contributed by atoms with Crippen molar-refractivity contribution in [2.75, 3.05) is 0 Å². The van der Waals surface area contributed by atoms with Crippen LogP contribution in [0.25, 0.3) is 0 Å². The van der Waals surface area contributed by atoms with Gasteiger partial charge in [-0.25, -0.2) is 0 Å². The van der Waals surface area contributed by atoms with Gasteiger partial charge in [-0.05, 0) is 31.6 Å². The van der Waals surface area contributed by atoms with Crippen molar-refractivity contribution in [3.8, 4) is 0 Å². The maximum atomic E-state index is 10.7. The van der Waals surface area contributed by atoms with Gasteiger partial charge in [0.15, 0.2) is 0 Å². The molecule has 0 aliphatic heterocycles. The molecule has 0 heterocycles. The van der Waals surface area contributed by atoms with Gasteiger partial charge in [-0.2, -0.15) is 0 Å². The molecule has 0 radical (unpaired) electrons. The van der Waals surface area contributed by atoms with Crippen LogP contribution in [-0.4, -0.2) is 22.2 Å². The summed E-state index contributed by atoms with van der Waals surface area (Å²) in [7, 11) is 0. The molecule has 0 saturated carbocycles. The van der Waals surface area contributed by atoms with Crippen LogP contribution in [0.1, 0.15) is 32.6 Å². The predicted molar refractivity (Wildman–Crippen MR) is 54.5 cm³/mol. The van der Waals surface area contributed by atoms with Crippen LogP contribution in [0.5, 0.6) is 0 Å². The molecule has 4 heteroatoms. The summed E-state index contributed by atoms with van der Waals surface area (Å²) < 4.78 is 0. The number of carboxylic acid groups (broad SMARTS) is 2. The van der Waals surface area contributed by atoms with Crippen molar-refractivity contribution in [1.82, 2.24) is 0 Å². The van der Waals surface area contributed by atoms with Crippen molar-refractivity contribution in [1.29, 1.82) is 0 Å². The number of hydrogen-bond acceptors (Lipinski definition) is 2. The molecule has 2 N–H and O–H groups in total. The molecule has 0 aromatic carbocycles. The SMILES string of the molecule is CC1=CCC[C@@H](CC(=O)O)[C@H]1CC(=O)O. The highest BCUT2D eigenvalue weighted by atomic mass is 16.4. The van der Waals surface area contributed by atoms with Gasteiger partial charge in [-0.1, -0.05) is 11.6 Å². The molecule has 0 aromatic rings. The highest BCUT2D eigenvalue weighted by Gasteiger charge is 2.29. The Morgan fingerprint density at radius 1 is 1.33 bits per heavy atom. The average molecular weight is 212 g/mol. The third-order valence-electron chi connectivity index (χ3n) is 2.99. The van der Waals surface area contributed by atoms with Gasteiger partial charge in [0.2, 0.25) is 0 Å². The number of aliphatic carboxylic acids is 2. The Morgan fingerprint density at radius 3 is 2.47 bits per heavy atom. The van der Waals surface area contributed by atoms with Crippen LogP contribution < -0.4 is 0 Å². The van der Waals surface area contributed by atoms with Crippen molar-refractivity contribution in [3.05, 3.63) is 11.6 Å². The summed E-state index contributed by atoms with van der Waals surface area (Å²) in [6.45, 7) is 1.89. The molecule has 0 fully saturated rings. The van der Waals surface area contributed by atoms with Crippen LogP contribution in [0.2, 0.25) is 0 Å². The number of rotatable bonds is 4. The van der Waals surface area contributed by atoms with E-state index in [0.717, 1.165) is 18.4 Å². The molecule has 1 aliphatic rings. The van der Waals surface area contributed by atoms with E-state index < -0.39 is 11.9 Å². The van der Waals surface area contributed by atoms with E-state index >= 15 is 0 Å². The second-order valence-corrected chi connectivity index (χ2v) is 4.09. The molecule has 4 nitrogen and oxygen atoms in total. The lowest BCUT2D eigenvalue weighted by atomic mass is 9.75. The van der Waals surface area contributed by atoms with Crippen molar-refractivity contribution in [2.45, 2.75) is 32.6 Å². The van der Waals surface area contributed by atoms with Crippen molar-refractivity contribution in [3.63, 3.8) is 0 Å². The molecule has 1 aliphatic carbocycles. The van der Waals surface area contributed by atoms with Crippen LogP contribution in [0.3, 0.4) is 0 Å². The number of hydrogen-bond donors (Lipinski definition) is 2. The van der Waals surface area contributed by atoms with Gasteiger partial charge < -0.3 is 10.2 Å². The highest BCUT2D eigenvalue weighted by molar-refractivity contribution is 5.69. The van der Waals surface area contributed by atoms with E-state index in [-0.39, 0.29) is 24.7 Å². The Morgan fingerprint density at radius 2 is 1.93 bits per heavy atom. The lowest BCUT2D eigenvalue weighted by molar-refractivity contribution is -0.141. The first-order valence-electron chi connectivity index (χ1n) is 5.11. The van der Waals surface area contributed by atoms with E-state index in [0.29, 0.717) is 0 Å². The van der Waals surface area contributed by atoms with Crippen LogP contribution >= 0.6 is 0 Å². The van der Waals surface area contributed by atoms with E-state index in [4.69, 9.17) is 10.2 Å². The summed E-state index contributed by atoms with van der Waals surface area (Å²) in [5, 5.41) is 17.5. The van der Waals surface area contributed by atoms with Gasteiger partial charge in [0.05, 0.1) is 6.42 Å². The summed E-state index contributed by atoms with van der Waals surface area (Å²) in [5.74, 6) is -1.83. The molecule has 0 saturated heterocycles. The molecule has 1 rings (SSSR count). The maximum Gasteiger partial charge on any atom is 0.303 e. The minimum Gasteiger partial charge on any atom is -0.481 e. The van der Waals surface area contributed by atoms with Crippen LogP contribution in [0.15, 0.2) is 11.6 Å². The Balaban J connectivity index is 2.72. The third-order valence-corrected chi connectivity index (χ3v) is 2.99. The summed E-state index contributed by atoms with van der Waals surface area (Å²) in [5.41, 5.74) is 1.02. The van der Waals surface area contributed by atoms with E-state index in [1.54, 1.807) is 0 Å². The monoisotopic (exact) mass is 212 g/mol. The Kier molecular flexibility index (Phi) is 3.88. The minimum absolute atomic E-state index is 0.0244. The number of carbonyl (C=O) groups is 2. The quantitative estimate of drug-likeness (QED) is 0.698. The first-order valence-corrected chi connectivity index (χ1v) is 5.11. The second-order valence-electron chi connectivity index (χ2n) is 4.09. The zero-order valence-corrected chi connectivity index (χ0v) is 8.77. The van der Waals surface area contributed by atoms with Gasteiger partial charge in [0, 0.05) is 6.42 Å². The normalized spacial score (nSPS) is 25.8. The van der Waals surface area contributed by atoms with E-state index in [2.05, 4.69) is 0 Å². The molecular weight excluding hydrogens is 196 g/mol. The fraction of sp³-hybridized carbons (Fsp3) is 0.636. The first-order chi connectivity index (χ1) is 7.00. The molecule has 0 unspecified atom stereocenters. The Labute approximate surface area is 88.6 Å². The largest absolute Gasteiger partial charge is 0.481 e. The third kappa shape index (κ3) is 3.38. The summed E-state index contributed by atoms with van der Waals surface area (Å²) >= 11 is 0. The van der Waals surface area contributed by atoms with Crippen molar-refractivity contribution < 1.29 is 19.8 Å². The molecular formula is C11H16O4. The standard InChI is InChI=1S/C11H16O4/c1-7-3-2-4-8(5-10(12)13)9(7)6-11(14)15/h3,8-9H,2,4-6H2,1H3,(H,12,13)(H,14,15)/t8-,9-/m0/s1. The maximum absolute atomic E-state index is 10.7. The fourth-order valence-electron chi connectivity index (χ4n) is 2.23. The predicted octanol–water partition coefficient (Wildman–Crippen LogP) is 1.91. The lowest BCUT2D eigenvalue weighted by Crippen LogP contribution is -2.24. The average Bonchev–Trinajstić information content (AvgIpc) is 2.09. The number of carboxylic acids is 2. The topological polar surface area (TPSA) is 74.6 Å². The number of allylic oxidation sites excluding steroid dienone is 2. The molecule has 15 heavy (non-hydrogen) atoms. The lowest BCUT2D eigenvalue weighted by Gasteiger charge is -2.29. The van der Waals surface area contributed by atoms with Gasteiger partial charge in [-0.3, -0.25) is 9.59 Å². The zero-order valence-electron chi connectivity index (χ0n) is 8.77. The van der Waals surface area contributed by atoms with Gasteiger partial charge in [0.1, 0.15) is 0 Å². The van der Waals surface area contributed by atoms with Gasteiger partial charge in [0.25, 0.3) is 0 Å². The first kappa shape index (κ1) is 11.8. The van der Waals surface area contributed by atoms with E-state index in [1.807, 2.05) is 13.0 Å². The summed E-state index contributed by atoms with van der Waals surface area (Å²) in [4.78, 5) is 21.3. The summed E-state index contributed by atoms with van der Waals surface area (Å²) in [6, 6.07) is 0. The van der Waals surface area contributed by atoms with Crippen LogP contribution in [0, 0.1) is 11.8 Å². The minimum atomic E-state index is -0.856. The molecule has 0 aromatic heterocycles.